The molecule has 1 saturated carbocycles. The van der Waals surface area contributed by atoms with E-state index in [0.717, 1.165) is 5.56 Å². The fourth-order valence-corrected chi connectivity index (χ4v) is 6.68. The Hall–Kier alpha value is -4.19. The van der Waals surface area contributed by atoms with Gasteiger partial charge in [-0.25, -0.2) is 0 Å². The maximum absolute atomic E-state index is 13.9. The van der Waals surface area contributed by atoms with Gasteiger partial charge in [-0.1, -0.05) is 30.3 Å². The van der Waals surface area contributed by atoms with Crippen molar-refractivity contribution in [1.82, 2.24) is 10.2 Å². The Kier molecular flexibility index (Phi) is 7.14. The van der Waals surface area contributed by atoms with Gasteiger partial charge in [-0.15, -0.1) is 0 Å². The summed E-state index contributed by atoms with van der Waals surface area (Å²) in [5.74, 6) is -6.47. The Morgan fingerprint density at radius 1 is 1.15 bits per heavy atom. The van der Waals surface area contributed by atoms with E-state index in [2.05, 4.69) is 5.32 Å². The van der Waals surface area contributed by atoms with Crippen molar-refractivity contribution in [2.75, 3.05) is 21.2 Å². The maximum atomic E-state index is 13.9. The fourth-order valence-electron chi connectivity index (χ4n) is 6.68. The molecular formula is C30H33N3O8. The molecule has 0 aliphatic heterocycles. The molecule has 0 radical (unpaired) electrons. The van der Waals surface area contributed by atoms with Crippen molar-refractivity contribution in [3.05, 3.63) is 75.6 Å². The molecule has 4 atom stereocenters. The van der Waals surface area contributed by atoms with Gasteiger partial charge in [0, 0.05) is 35.7 Å². The summed E-state index contributed by atoms with van der Waals surface area (Å²) >= 11 is 0. The smallest absolute Gasteiger partial charge is 0.255 e. The third-order valence-corrected chi connectivity index (χ3v) is 8.44. The summed E-state index contributed by atoms with van der Waals surface area (Å²) in [4.78, 5) is 40.7. The first-order chi connectivity index (χ1) is 19.4. The Morgan fingerprint density at radius 3 is 2.44 bits per heavy atom. The van der Waals surface area contributed by atoms with E-state index in [1.807, 2.05) is 30.3 Å². The normalized spacial score (nSPS) is 25.6. The standard InChI is InChI=1S/C30H33N3O8/c1-33(2)23-18-10-15-9-17-21(19(34)11-16(26(17)41-3)13-32-12-14-7-5-4-6-8-14)24(35)20(15)27(37)30(18,40)28(38)22(25(23)36)29(31)39/h4-8,11,15,18,23,32,34-35,38,40H,9-10,12-13H2,1-3H3,(H2,31,39)/t15-,18-,23-,30-/m0/s1. The number of nitrogens with one attached hydrogen (secondary N) is 1. The number of phenolic OH excluding ortho intramolecular Hbond substituents is 1. The number of phenols is 1. The van der Waals surface area contributed by atoms with E-state index in [-0.39, 0.29) is 29.7 Å². The van der Waals surface area contributed by atoms with Crippen molar-refractivity contribution >= 4 is 23.2 Å². The Balaban J connectivity index is 1.59. The van der Waals surface area contributed by atoms with E-state index < -0.39 is 58.0 Å². The topological polar surface area (TPSA) is 183 Å². The summed E-state index contributed by atoms with van der Waals surface area (Å²) in [6.07, 6.45) is 0.157. The van der Waals surface area contributed by atoms with E-state index in [0.29, 0.717) is 30.0 Å². The molecule has 2 aromatic rings. The van der Waals surface area contributed by atoms with Crippen molar-refractivity contribution in [3.63, 3.8) is 0 Å². The lowest BCUT2D eigenvalue weighted by molar-refractivity contribution is -0.153. The van der Waals surface area contributed by atoms with Gasteiger partial charge in [0.1, 0.15) is 28.6 Å². The largest absolute Gasteiger partial charge is 0.508 e. The van der Waals surface area contributed by atoms with Crippen molar-refractivity contribution < 1.29 is 39.5 Å². The molecule has 3 aliphatic rings. The zero-order valence-electron chi connectivity index (χ0n) is 23.0. The predicted molar refractivity (Wildman–Crippen MR) is 148 cm³/mol. The second-order valence-electron chi connectivity index (χ2n) is 11.0. The molecule has 1 amide bonds. The molecule has 0 spiro atoms. The highest BCUT2D eigenvalue weighted by atomic mass is 16.5. The molecule has 0 bridgehead atoms. The number of aliphatic hydroxyl groups excluding tert-OH is 2. The number of aliphatic hydroxyl groups is 3. The van der Waals surface area contributed by atoms with Crippen LogP contribution in [-0.4, -0.2) is 75.6 Å². The molecule has 0 heterocycles. The van der Waals surface area contributed by atoms with Gasteiger partial charge in [-0.05, 0) is 44.5 Å². The van der Waals surface area contributed by atoms with Gasteiger partial charge in [0.05, 0.1) is 18.7 Å². The molecule has 2 aromatic carbocycles. The highest BCUT2D eigenvalue weighted by molar-refractivity contribution is 6.24. The van der Waals surface area contributed by atoms with Crippen molar-refractivity contribution in [1.29, 1.82) is 0 Å². The van der Waals surface area contributed by atoms with Crippen LogP contribution in [0.4, 0.5) is 0 Å². The van der Waals surface area contributed by atoms with Crippen LogP contribution in [0.1, 0.15) is 28.7 Å². The van der Waals surface area contributed by atoms with Crippen LogP contribution in [0.5, 0.6) is 11.5 Å². The Bertz CT molecular complexity index is 1510. The lowest BCUT2D eigenvalue weighted by Crippen LogP contribution is -2.65. The number of carbonyl (C=O) groups is 3. The number of benzene rings is 2. The van der Waals surface area contributed by atoms with Gasteiger partial charge in [-0.2, -0.15) is 0 Å². The molecule has 216 valence electrons. The van der Waals surface area contributed by atoms with E-state index in [1.165, 1.54) is 18.1 Å². The van der Waals surface area contributed by atoms with Crippen molar-refractivity contribution in [2.45, 2.75) is 37.6 Å². The van der Waals surface area contributed by atoms with Gasteiger partial charge < -0.3 is 36.2 Å². The molecule has 11 heteroatoms. The van der Waals surface area contributed by atoms with Gasteiger partial charge in [0.25, 0.3) is 5.91 Å². The molecule has 1 fully saturated rings. The van der Waals surface area contributed by atoms with Crippen LogP contribution in [0.15, 0.2) is 53.3 Å². The number of nitrogens with zero attached hydrogens (tertiary/aromatic N) is 1. The predicted octanol–water partition coefficient (Wildman–Crippen LogP) is 1.26. The zero-order chi connectivity index (χ0) is 29.8. The molecule has 0 aromatic heterocycles. The molecule has 3 aliphatic carbocycles. The van der Waals surface area contributed by atoms with Crippen LogP contribution >= 0.6 is 0 Å². The van der Waals surface area contributed by atoms with E-state index in [1.54, 1.807) is 14.1 Å². The van der Waals surface area contributed by atoms with E-state index in [9.17, 15) is 34.8 Å². The van der Waals surface area contributed by atoms with Crippen LogP contribution in [0, 0.1) is 11.8 Å². The number of primary amides is 1. The quantitative estimate of drug-likeness (QED) is 0.268. The van der Waals surface area contributed by atoms with Gasteiger partial charge in [0.15, 0.2) is 11.4 Å². The second kappa shape index (κ2) is 10.3. The number of amides is 1. The molecule has 7 N–H and O–H groups in total. The number of hydrogen-bond donors (Lipinski definition) is 6. The molecule has 11 nitrogen and oxygen atoms in total. The van der Waals surface area contributed by atoms with Crippen LogP contribution < -0.4 is 15.8 Å². The average Bonchev–Trinajstić information content (AvgIpc) is 2.91. The van der Waals surface area contributed by atoms with Crippen LogP contribution in [0.3, 0.4) is 0 Å². The number of ketones is 2. The summed E-state index contributed by atoms with van der Waals surface area (Å²) in [7, 11) is 4.59. The fraction of sp³-hybridized carbons (Fsp3) is 0.367. The number of Topliss-reactive ketones (excluding diaryl/α,β-unsaturated/α-hetero) is 2. The summed E-state index contributed by atoms with van der Waals surface area (Å²) in [5, 5.41) is 48.4. The third-order valence-electron chi connectivity index (χ3n) is 8.44. The lowest BCUT2D eigenvalue weighted by Gasteiger charge is -2.50. The Labute approximate surface area is 236 Å². The number of nitrogens with two attached hydrogens (primary N) is 1. The third kappa shape index (κ3) is 4.28. The molecule has 0 unspecified atom stereocenters. The average molecular weight is 564 g/mol. The number of rotatable bonds is 7. The number of aromatic hydroxyl groups is 1. The second-order valence-corrected chi connectivity index (χ2v) is 11.0. The summed E-state index contributed by atoms with van der Waals surface area (Å²) < 4.78 is 5.74. The first-order valence-electron chi connectivity index (χ1n) is 13.2. The van der Waals surface area contributed by atoms with Crippen LogP contribution in [0.25, 0.3) is 5.76 Å². The van der Waals surface area contributed by atoms with Crippen molar-refractivity contribution in [3.8, 4) is 11.5 Å². The molecule has 0 saturated heterocycles. The number of methoxy groups -OCH3 is 1. The van der Waals surface area contributed by atoms with Gasteiger partial charge >= 0.3 is 0 Å². The number of likely N-dealkylation sites (N-methyl/N-ethyl adjacent to an activating group) is 1. The summed E-state index contributed by atoms with van der Waals surface area (Å²) in [5.41, 5.74) is 3.82. The van der Waals surface area contributed by atoms with Crippen LogP contribution in [0.2, 0.25) is 0 Å². The minimum Gasteiger partial charge on any atom is -0.508 e. The highest BCUT2D eigenvalue weighted by Crippen LogP contribution is 2.54. The number of fused-ring (bicyclic) bond motifs is 3. The van der Waals surface area contributed by atoms with Gasteiger partial charge in [-0.3, -0.25) is 19.3 Å². The van der Waals surface area contributed by atoms with Gasteiger partial charge in [0.2, 0.25) is 5.78 Å². The SMILES string of the molecule is COc1c(CNCc2ccccc2)cc(O)c2c1C[C@H]1C[C@H]3[C@H](N(C)C)C(=O)C(C(N)=O)=C(O)[C@@]3(O)C(=O)C1=C2O. The summed E-state index contributed by atoms with van der Waals surface area (Å²) in [6, 6.07) is 10.1. The summed E-state index contributed by atoms with van der Waals surface area (Å²) in [6.45, 7) is 0.909. The Morgan fingerprint density at radius 2 is 1.83 bits per heavy atom. The number of hydrogen-bond acceptors (Lipinski definition) is 10. The molecule has 5 rings (SSSR count). The maximum Gasteiger partial charge on any atom is 0.255 e. The minimum atomic E-state index is -2.68. The van der Waals surface area contributed by atoms with E-state index >= 15 is 0 Å². The molecular weight excluding hydrogens is 530 g/mol. The zero-order valence-corrected chi connectivity index (χ0v) is 23.0. The lowest BCUT2D eigenvalue weighted by atomic mass is 9.57. The first-order valence-corrected chi connectivity index (χ1v) is 13.2. The van der Waals surface area contributed by atoms with E-state index in [4.69, 9.17) is 10.5 Å². The minimum absolute atomic E-state index is 0.00611. The number of ether oxygens (including phenoxy) is 1. The van der Waals surface area contributed by atoms with Crippen molar-refractivity contribution in [2.24, 2.45) is 17.6 Å². The molecule has 41 heavy (non-hydrogen) atoms. The first kappa shape index (κ1) is 28.3. The monoisotopic (exact) mass is 563 g/mol. The highest BCUT2D eigenvalue weighted by Gasteiger charge is 2.64. The number of carbonyl (C=O) groups excluding carboxylic acids is 3. The van der Waals surface area contributed by atoms with Crippen LogP contribution in [-0.2, 0) is 33.9 Å².